The van der Waals surface area contributed by atoms with Crippen LogP contribution < -0.4 is 5.32 Å². The van der Waals surface area contributed by atoms with Crippen LogP contribution in [-0.2, 0) is 15.0 Å². The summed E-state index contributed by atoms with van der Waals surface area (Å²) in [6.45, 7) is 3.80. The second kappa shape index (κ2) is 6.90. The number of imidazole rings is 1. The van der Waals surface area contributed by atoms with E-state index in [0.717, 1.165) is 0 Å². The molecule has 1 atom stereocenters. The Kier molecular flexibility index (Phi) is 5.33. The van der Waals surface area contributed by atoms with Gasteiger partial charge in [-0.25, -0.2) is 15.0 Å². The zero-order chi connectivity index (χ0) is 17.1. The van der Waals surface area contributed by atoms with E-state index in [1.54, 1.807) is 6.92 Å². The maximum Gasteiger partial charge on any atom is 0.351 e. The normalized spacial score (nSPS) is 14.8. The maximum atomic E-state index is 11.1. The fraction of sp³-hybridized carbons (Fsp3) is 0.583. The van der Waals surface area contributed by atoms with Gasteiger partial charge in [-0.1, -0.05) is 6.92 Å². The van der Waals surface area contributed by atoms with Crippen molar-refractivity contribution in [1.82, 2.24) is 19.5 Å². The molecule has 2 rings (SSSR count). The summed E-state index contributed by atoms with van der Waals surface area (Å²) >= 11 is 0. The molecule has 2 heterocycles. The lowest BCUT2D eigenvalue weighted by Gasteiger charge is -2.32. The summed E-state index contributed by atoms with van der Waals surface area (Å²) in [5.41, 5.74) is -0.480. The highest BCUT2D eigenvalue weighted by Gasteiger charge is 2.35. The van der Waals surface area contributed by atoms with Gasteiger partial charge < -0.3 is 24.9 Å². The van der Waals surface area contributed by atoms with Crippen molar-refractivity contribution in [3.63, 3.8) is 0 Å². The number of ether oxygens (including phenoxy) is 1. The van der Waals surface area contributed by atoms with E-state index >= 15 is 0 Å². The minimum Gasteiger partial charge on any atom is -0.391 e. The Balaban J connectivity index is 2.49. The van der Waals surface area contributed by atoms with Gasteiger partial charge in [-0.05, 0) is 13.3 Å². The number of hydrogen-bond donors (Lipinski definition) is 4. The molecule has 0 aliphatic carbocycles. The zero-order valence-electron chi connectivity index (χ0n) is 12.9. The van der Waals surface area contributed by atoms with E-state index in [9.17, 15) is 9.67 Å². The van der Waals surface area contributed by atoms with Crippen molar-refractivity contribution in [1.29, 1.82) is 0 Å². The standard InChI is InChI=1S/C12H20N5O5P/c1-3-12(5-18,22-8-23(19,20)21)17-7-16-9-10(13-4-2)14-6-15-11(9)17/h6-7,18H,3-5,8H2,1-2H3,(H,13,14,15)(H2,19,20,21). The largest absolute Gasteiger partial charge is 0.391 e. The number of fused-ring (bicyclic) bond motifs is 1. The minimum atomic E-state index is -4.38. The van der Waals surface area contributed by atoms with Crippen LogP contribution in [0.3, 0.4) is 0 Å². The third kappa shape index (κ3) is 3.67. The van der Waals surface area contributed by atoms with E-state index < -0.39 is 26.3 Å². The van der Waals surface area contributed by atoms with E-state index in [-0.39, 0.29) is 6.42 Å². The molecule has 0 saturated carbocycles. The van der Waals surface area contributed by atoms with Crippen molar-refractivity contribution >= 4 is 24.6 Å². The monoisotopic (exact) mass is 345 g/mol. The predicted molar refractivity (Wildman–Crippen MR) is 82.8 cm³/mol. The van der Waals surface area contributed by atoms with Crippen molar-refractivity contribution in [2.75, 3.05) is 24.8 Å². The fourth-order valence-electron chi connectivity index (χ4n) is 2.21. The highest BCUT2D eigenvalue weighted by Crippen LogP contribution is 2.38. The number of nitrogens with zero attached hydrogens (tertiary/aromatic N) is 4. The average molecular weight is 345 g/mol. The Morgan fingerprint density at radius 2 is 2.09 bits per heavy atom. The number of aliphatic hydroxyl groups is 1. The fourth-order valence-corrected chi connectivity index (χ4v) is 2.62. The molecule has 1 unspecified atom stereocenters. The summed E-state index contributed by atoms with van der Waals surface area (Å²) in [7, 11) is -4.38. The van der Waals surface area contributed by atoms with Gasteiger partial charge in [-0.3, -0.25) is 9.13 Å². The predicted octanol–water partition coefficient (Wildman–Crippen LogP) is 0.465. The molecule has 128 valence electrons. The summed E-state index contributed by atoms with van der Waals surface area (Å²) < 4.78 is 18.0. The molecule has 4 N–H and O–H groups in total. The molecule has 0 aromatic carbocycles. The first-order chi connectivity index (χ1) is 10.9. The number of rotatable bonds is 8. The van der Waals surface area contributed by atoms with Gasteiger partial charge in [-0.15, -0.1) is 0 Å². The minimum absolute atomic E-state index is 0.259. The molecule has 2 aromatic heterocycles. The van der Waals surface area contributed by atoms with E-state index in [2.05, 4.69) is 20.3 Å². The molecule has 11 heteroatoms. The number of aromatic nitrogens is 4. The molecule has 0 amide bonds. The molecule has 0 aliphatic heterocycles. The average Bonchev–Trinajstić information content (AvgIpc) is 2.94. The van der Waals surface area contributed by atoms with Crippen LogP contribution in [0.15, 0.2) is 12.7 Å². The highest BCUT2D eigenvalue weighted by atomic mass is 31.2. The summed E-state index contributed by atoms with van der Waals surface area (Å²) in [5, 5.41) is 12.8. The van der Waals surface area contributed by atoms with Crippen LogP contribution in [0.5, 0.6) is 0 Å². The van der Waals surface area contributed by atoms with Crippen molar-refractivity contribution < 1.29 is 24.2 Å². The first kappa shape index (κ1) is 17.8. The van der Waals surface area contributed by atoms with Gasteiger partial charge in [-0.2, -0.15) is 0 Å². The lowest BCUT2D eigenvalue weighted by molar-refractivity contribution is -0.125. The second-order valence-electron chi connectivity index (χ2n) is 4.94. The van der Waals surface area contributed by atoms with Crippen LogP contribution >= 0.6 is 7.60 Å². The summed E-state index contributed by atoms with van der Waals surface area (Å²) in [4.78, 5) is 30.6. The molecule has 0 fully saturated rings. The topological polar surface area (TPSA) is 143 Å². The van der Waals surface area contributed by atoms with Crippen LogP contribution in [0.4, 0.5) is 5.82 Å². The maximum absolute atomic E-state index is 11.1. The van der Waals surface area contributed by atoms with Gasteiger partial charge in [0.2, 0.25) is 0 Å². The van der Waals surface area contributed by atoms with Gasteiger partial charge >= 0.3 is 7.60 Å². The van der Waals surface area contributed by atoms with Crippen LogP contribution in [0.2, 0.25) is 0 Å². The Bertz CT molecular complexity index is 711. The van der Waals surface area contributed by atoms with Gasteiger partial charge in [0.25, 0.3) is 0 Å². The number of nitrogens with one attached hydrogen (secondary N) is 1. The Labute approximate surface area is 132 Å². The molecular formula is C12H20N5O5P. The lowest BCUT2D eigenvalue weighted by atomic mass is 10.1. The van der Waals surface area contributed by atoms with Crippen molar-refractivity contribution in [2.45, 2.75) is 26.0 Å². The molecule has 0 aliphatic rings. The molecule has 2 aromatic rings. The quantitative estimate of drug-likeness (QED) is 0.502. The summed E-state index contributed by atoms with van der Waals surface area (Å²) in [6, 6.07) is 0. The summed E-state index contributed by atoms with van der Waals surface area (Å²) in [5.74, 6) is 0.536. The van der Waals surface area contributed by atoms with Gasteiger partial charge in [0.15, 0.2) is 29.1 Å². The van der Waals surface area contributed by atoms with Crippen LogP contribution in [0.1, 0.15) is 20.3 Å². The molecule has 0 spiro atoms. The van der Waals surface area contributed by atoms with E-state index in [4.69, 9.17) is 14.5 Å². The molecule has 0 bridgehead atoms. The van der Waals surface area contributed by atoms with Gasteiger partial charge in [0.05, 0.1) is 12.9 Å². The molecule has 10 nitrogen and oxygen atoms in total. The SMILES string of the molecule is CCNc1ncnc2c1ncn2C(CC)(CO)OCP(=O)(O)O. The van der Waals surface area contributed by atoms with E-state index in [0.29, 0.717) is 23.5 Å². The zero-order valence-corrected chi connectivity index (χ0v) is 13.8. The van der Waals surface area contributed by atoms with Gasteiger partial charge in [0.1, 0.15) is 6.33 Å². The van der Waals surface area contributed by atoms with E-state index in [1.165, 1.54) is 17.2 Å². The second-order valence-corrected chi connectivity index (χ2v) is 6.52. The van der Waals surface area contributed by atoms with E-state index in [1.807, 2.05) is 6.92 Å². The Morgan fingerprint density at radius 3 is 2.65 bits per heavy atom. The number of anilines is 1. The molecule has 0 saturated heterocycles. The smallest absolute Gasteiger partial charge is 0.351 e. The Hall–Kier alpha value is -1.58. The molecule has 23 heavy (non-hydrogen) atoms. The van der Waals surface area contributed by atoms with Gasteiger partial charge in [0, 0.05) is 6.54 Å². The first-order valence-corrected chi connectivity index (χ1v) is 8.88. The first-order valence-electron chi connectivity index (χ1n) is 7.08. The Morgan fingerprint density at radius 1 is 1.35 bits per heavy atom. The molecular weight excluding hydrogens is 325 g/mol. The third-order valence-electron chi connectivity index (χ3n) is 3.42. The summed E-state index contributed by atoms with van der Waals surface area (Å²) in [6.07, 6.45) is 2.21. The number of aliphatic hydroxyl groups excluding tert-OH is 1. The lowest BCUT2D eigenvalue weighted by Crippen LogP contribution is -2.40. The van der Waals surface area contributed by atoms with Crippen molar-refractivity contribution in [3.05, 3.63) is 12.7 Å². The number of hydrogen-bond acceptors (Lipinski definition) is 7. The van der Waals surface area contributed by atoms with Crippen LogP contribution in [0, 0.1) is 0 Å². The van der Waals surface area contributed by atoms with Crippen molar-refractivity contribution in [2.24, 2.45) is 0 Å². The van der Waals surface area contributed by atoms with Crippen LogP contribution in [0.25, 0.3) is 11.2 Å². The third-order valence-corrected chi connectivity index (χ3v) is 3.88. The van der Waals surface area contributed by atoms with Crippen molar-refractivity contribution in [3.8, 4) is 0 Å². The highest BCUT2D eigenvalue weighted by molar-refractivity contribution is 7.51. The van der Waals surface area contributed by atoms with Crippen LogP contribution in [-0.4, -0.2) is 53.9 Å². The molecule has 0 radical (unpaired) electrons.